The first-order valence-corrected chi connectivity index (χ1v) is 8.71. The molecule has 0 aromatic heterocycles. The Labute approximate surface area is 163 Å². The molecule has 0 fully saturated rings. The van der Waals surface area contributed by atoms with Gasteiger partial charge in [-0.25, -0.2) is 9.59 Å². The Kier molecular flexibility index (Phi) is 8.43. The van der Waals surface area contributed by atoms with Gasteiger partial charge in [-0.2, -0.15) is 0 Å². The van der Waals surface area contributed by atoms with Crippen LogP contribution >= 0.6 is 0 Å². The topological polar surface area (TPSA) is 137 Å². The van der Waals surface area contributed by atoms with Crippen molar-refractivity contribution in [2.75, 3.05) is 7.11 Å². The molecule has 1 aromatic rings. The summed E-state index contributed by atoms with van der Waals surface area (Å²) in [6.45, 7) is 4.97. The molecule has 9 heteroatoms. The second kappa shape index (κ2) is 10.3. The molecule has 1 rings (SSSR count). The highest BCUT2D eigenvalue weighted by molar-refractivity contribution is 5.93. The van der Waals surface area contributed by atoms with E-state index in [1.165, 1.54) is 7.11 Å². The maximum Gasteiger partial charge on any atom is 0.408 e. The van der Waals surface area contributed by atoms with Crippen LogP contribution in [0.1, 0.15) is 32.8 Å². The number of benzene rings is 1. The molecule has 0 aliphatic heterocycles. The summed E-state index contributed by atoms with van der Waals surface area (Å²) < 4.78 is 9.83. The third-order valence-corrected chi connectivity index (χ3v) is 3.50. The van der Waals surface area contributed by atoms with Gasteiger partial charge in [0.1, 0.15) is 17.7 Å². The molecular formula is C19H27N3O6. The molecule has 0 saturated carbocycles. The summed E-state index contributed by atoms with van der Waals surface area (Å²) in [5.74, 6) is -2.21. The summed E-state index contributed by atoms with van der Waals surface area (Å²) in [6, 6.07) is 6.70. The Balaban J connectivity index is 2.90. The summed E-state index contributed by atoms with van der Waals surface area (Å²) in [5, 5.41) is 4.80. The van der Waals surface area contributed by atoms with Gasteiger partial charge in [0.25, 0.3) is 0 Å². The molecule has 0 aliphatic rings. The molecule has 4 N–H and O–H groups in total. The number of nitrogens with one attached hydrogen (secondary N) is 2. The molecule has 0 radical (unpaired) electrons. The van der Waals surface area contributed by atoms with Crippen LogP contribution in [0.3, 0.4) is 0 Å². The number of alkyl carbamates (subject to hydrolysis) is 1. The van der Waals surface area contributed by atoms with E-state index < -0.39 is 48.0 Å². The summed E-state index contributed by atoms with van der Waals surface area (Å²) in [7, 11) is 1.20. The van der Waals surface area contributed by atoms with Gasteiger partial charge in [-0.3, -0.25) is 9.59 Å². The second-order valence-corrected chi connectivity index (χ2v) is 7.14. The van der Waals surface area contributed by atoms with E-state index in [1.807, 2.05) is 6.07 Å². The summed E-state index contributed by atoms with van der Waals surface area (Å²) in [5.41, 5.74) is 5.18. The van der Waals surface area contributed by atoms with Gasteiger partial charge in [0, 0.05) is 6.42 Å². The molecule has 0 bridgehead atoms. The van der Waals surface area contributed by atoms with Crippen molar-refractivity contribution in [3.8, 4) is 0 Å². The quantitative estimate of drug-likeness (QED) is 0.555. The SMILES string of the molecule is COC(=O)[C@H](Cc1ccccc1)NC(=O)[C@H](CC(N)=O)NC(=O)OC(C)(C)C. The second-order valence-electron chi connectivity index (χ2n) is 7.14. The van der Waals surface area contributed by atoms with E-state index in [0.29, 0.717) is 0 Å². The van der Waals surface area contributed by atoms with Gasteiger partial charge in [-0.15, -0.1) is 0 Å². The monoisotopic (exact) mass is 393 g/mol. The average Bonchev–Trinajstić information content (AvgIpc) is 2.58. The minimum atomic E-state index is -1.30. The van der Waals surface area contributed by atoms with Crippen LogP contribution in [0.15, 0.2) is 30.3 Å². The number of carbonyl (C=O) groups is 4. The number of rotatable bonds is 8. The number of ether oxygens (including phenoxy) is 2. The molecule has 0 spiro atoms. The largest absolute Gasteiger partial charge is 0.467 e. The standard InChI is InChI=1S/C19H27N3O6/c1-19(2,3)28-18(26)22-13(11-15(20)23)16(24)21-14(17(25)27-4)10-12-8-6-5-7-9-12/h5-9,13-14H,10-11H2,1-4H3,(H2,20,23)(H,21,24)(H,22,26)/t13-,14-/m0/s1. The van der Waals surface area contributed by atoms with E-state index in [-0.39, 0.29) is 6.42 Å². The molecule has 9 nitrogen and oxygen atoms in total. The molecule has 0 heterocycles. The van der Waals surface area contributed by atoms with Crippen molar-refractivity contribution in [1.82, 2.24) is 10.6 Å². The van der Waals surface area contributed by atoms with Gasteiger partial charge < -0.3 is 25.8 Å². The lowest BCUT2D eigenvalue weighted by Gasteiger charge is -2.24. The van der Waals surface area contributed by atoms with Gasteiger partial charge in [0.05, 0.1) is 13.5 Å². The minimum Gasteiger partial charge on any atom is -0.467 e. The fourth-order valence-electron chi connectivity index (χ4n) is 2.32. The number of primary amides is 1. The van der Waals surface area contributed by atoms with Gasteiger partial charge >= 0.3 is 12.1 Å². The first-order chi connectivity index (χ1) is 13.0. The van der Waals surface area contributed by atoms with Crippen LogP contribution in [-0.2, 0) is 30.3 Å². The number of hydrogen-bond acceptors (Lipinski definition) is 6. The van der Waals surface area contributed by atoms with Crippen LogP contribution in [-0.4, -0.2) is 48.7 Å². The normalized spacial score (nSPS) is 13.0. The van der Waals surface area contributed by atoms with E-state index >= 15 is 0 Å². The van der Waals surface area contributed by atoms with Gasteiger partial charge in [-0.1, -0.05) is 30.3 Å². The van der Waals surface area contributed by atoms with Crippen LogP contribution in [0.25, 0.3) is 0 Å². The van der Waals surface area contributed by atoms with Crippen molar-refractivity contribution in [3.05, 3.63) is 35.9 Å². The molecule has 0 saturated heterocycles. The zero-order valence-corrected chi connectivity index (χ0v) is 16.5. The minimum absolute atomic E-state index is 0.176. The third-order valence-electron chi connectivity index (χ3n) is 3.50. The van der Waals surface area contributed by atoms with Crippen molar-refractivity contribution in [3.63, 3.8) is 0 Å². The van der Waals surface area contributed by atoms with Crippen LogP contribution in [0, 0.1) is 0 Å². The Morgan fingerprint density at radius 1 is 1.04 bits per heavy atom. The molecule has 28 heavy (non-hydrogen) atoms. The maximum atomic E-state index is 12.6. The zero-order valence-electron chi connectivity index (χ0n) is 16.5. The van der Waals surface area contributed by atoms with Gasteiger partial charge in [-0.05, 0) is 26.3 Å². The lowest BCUT2D eigenvalue weighted by atomic mass is 10.0. The van der Waals surface area contributed by atoms with E-state index in [9.17, 15) is 19.2 Å². The first kappa shape index (κ1) is 22.9. The summed E-state index contributed by atoms with van der Waals surface area (Å²) in [6.07, 6.45) is -1.16. The Hall–Kier alpha value is -3.10. The summed E-state index contributed by atoms with van der Waals surface area (Å²) >= 11 is 0. The predicted octanol–water partition coefficient (Wildman–Crippen LogP) is 0.656. The van der Waals surface area contributed by atoms with Crippen molar-refractivity contribution >= 4 is 23.9 Å². The molecule has 154 valence electrons. The van der Waals surface area contributed by atoms with Crippen molar-refractivity contribution in [2.45, 2.75) is 51.3 Å². The summed E-state index contributed by atoms with van der Waals surface area (Å²) in [4.78, 5) is 47.9. The van der Waals surface area contributed by atoms with Crippen LogP contribution in [0.5, 0.6) is 0 Å². The van der Waals surface area contributed by atoms with Crippen LogP contribution < -0.4 is 16.4 Å². The fraction of sp³-hybridized carbons (Fsp3) is 0.474. The number of carbonyl (C=O) groups excluding carboxylic acids is 4. The average molecular weight is 393 g/mol. The predicted molar refractivity (Wildman–Crippen MR) is 101 cm³/mol. The third kappa shape index (κ3) is 8.52. The van der Waals surface area contributed by atoms with Crippen molar-refractivity contribution < 1.29 is 28.7 Å². The van der Waals surface area contributed by atoms with E-state index in [0.717, 1.165) is 5.56 Å². The van der Waals surface area contributed by atoms with E-state index in [1.54, 1.807) is 45.0 Å². The molecule has 0 unspecified atom stereocenters. The molecule has 0 aliphatic carbocycles. The molecule has 2 atom stereocenters. The number of amides is 3. The lowest BCUT2D eigenvalue weighted by molar-refractivity contribution is -0.145. The highest BCUT2D eigenvalue weighted by atomic mass is 16.6. The highest BCUT2D eigenvalue weighted by Gasteiger charge is 2.30. The maximum absolute atomic E-state index is 12.6. The molecular weight excluding hydrogens is 366 g/mol. The van der Waals surface area contributed by atoms with Crippen molar-refractivity contribution in [2.24, 2.45) is 5.73 Å². The highest BCUT2D eigenvalue weighted by Crippen LogP contribution is 2.08. The van der Waals surface area contributed by atoms with Crippen LogP contribution in [0.2, 0.25) is 0 Å². The van der Waals surface area contributed by atoms with Gasteiger partial charge in [0.15, 0.2) is 0 Å². The van der Waals surface area contributed by atoms with Gasteiger partial charge in [0.2, 0.25) is 11.8 Å². The van der Waals surface area contributed by atoms with Crippen LogP contribution in [0.4, 0.5) is 4.79 Å². The molecule has 1 aromatic carbocycles. The Morgan fingerprint density at radius 3 is 2.14 bits per heavy atom. The number of methoxy groups -OCH3 is 1. The molecule has 3 amide bonds. The first-order valence-electron chi connectivity index (χ1n) is 8.71. The van der Waals surface area contributed by atoms with Crippen molar-refractivity contribution in [1.29, 1.82) is 0 Å². The lowest BCUT2D eigenvalue weighted by Crippen LogP contribution is -2.54. The Bertz CT molecular complexity index is 699. The zero-order chi connectivity index (χ0) is 21.3. The van der Waals surface area contributed by atoms with E-state index in [2.05, 4.69) is 10.6 Å². The Morgan fingerprint density at radius 2 is 1.64 bits per heavy atom. The fourth-order valence-corrected chi connectivity index (χ4v) is 2.32. The van der Waals surface area contributed by atoms with E-state index in [4.69, 9.17) is 15.2 Å². The smallest absolute Gasteiger partial charge is 0.408 e. The number of hydrogen-bond donors (Lipinski definition) is 3. The number of nitrogens with two attached hydrogens (primary N) is 1. The number of esters is 1.